The Bertz CT molecular complexity index is 228. The summed E-state index contributed by atoms with van der Waals surface area (Å²) < 4.78 is 4.68. The van der Waals surface area contributed by atoms with Gasteiger partial charge < -0.3 is 10.5 Å². The number of rotatable bonds is 7. The zero-order valence-corrected chi connectivity index (χ0v) is 10.5. The van der Waals surface area contributed by atoms with Crippen LogP contribution < -0.4 is 5.73 Å². The van der Waals surface area contributed by atoms with Crippen LogP contribution in [-0.2, 0) is 14.3 Å². The number of ether oxygens (including phenoxy) is 1. The Hall–Kier alpha value is -0.900. The molecule has 0 aliphatic carbocycles. The molecule has 0 spiro atoms. The average Bonchev–Trinajstić information content (AvgIpc) is 2.27. The molecule has 0 rings (SSSR count). The highest BCUT2D eigenvalue weighted by Gasteiger charge is 2.23. The van der Waals surface area contributed by atoms with Crippen molar-refractivity contribution in [2.24, 2.45) is 11.7 Å². The fourth-order valence-electron chi connectivity index (χ4n) is 1.24. The van der Waals surface area contributed by atoms with Crippen LogP contribution in [0.5, 0.6) is 0 Å². The first-order valence-corrected chi connectivity index (χ1v) is 6.03. The molecule has 94 valence electrons. The van der Waals surface area contributed by atoms with Crippen molar-refractivity contribution >= 4 is 11.9 Å². The SMILES string of the molecule is CCCCCC(=O)OC(=O)C(N)C(C)CC. The fourth-order valence-corrected chi connectivity index (χ4v) is 1.24. The first-order chi connectivity index (χ1) is 7.52. The van der Waals surface area contributed by atoms with E-state index in [1.807, 2.05) is 13.8 Å². The largest absolute Gasteiger partial charge is 0.392 e. The van der Waals surface area contributed by atoms with Crippen molar-refractivity contribution in [3.05, 3.63) is 0 Å². The molecule has 0 aromatic rings. The van der Waals surface area contributed by atoms with E-state index in [0.29, 0.717) is 6.42 Å². The number of unbranched alkanes of at least 4 members (excludes halogenated alkanes) is 2. The third-order valence-electron chi connectivity index (χ3n) is 2.73. The number of hydrogen-bond donors (Lipinski definition) is 1. The van der Waals surface area contributed by atoms with E-state index in [0.717, 1.165) is 25.7 Å². The van der Waals surface area contributed by atoms with Gasteiger partial charge in [-0.2, -0.15) is 0 Å². The lowest BCUT2D eigenvalue weighted by atomic mass is 10.0. The molecule has 4 heteroatoms. The van der Waals surface area contributed by atoms with Gasteiger partial charge in [0.1, 0.15) is 6.04 Å². The highest BCUT2D eigenvalue weighted by atomic mass is 16.6. The molecule has 0 aromatic carbocycles. The second kappa shape index (κ2) is 8.28. The van der Waals surface area contributed by atoms with Crippen molar-refractivity contribution in [1.82, 2.24) is 0 Å². The van der Waals surface area contributed by atoms with Gasteiger partial charge in [0.2, 0.25) is 0 Å². The number of esters is 2. The van der Waals surface area contributed by atoms with E-state index in [-0.39, 0.29) is 5.92 Å². The predicted octanol–water partition coefficient (Wildman–Crippen LogP) is 2.01. The molecular formula is C12H23NO3. The van der Waals surface area contributed by atoms with E-state index in [4.69, 9.17) is 5.73 Å². The highest BCUT2D eigenvalue weighted by Crippen LogP contribution is 2.08. The van der Waals surface area contributed by atoms with Gasteiger partial charge in [0.25, 0.3) is 0 Å². The second-order valence-corrected chi connectivity index (χ2v) is 4.16. The Kier molecular flexibility index (Phi) is 7.81. The van der Waals surface area contributed by atoms with Crippen molar-refractivity contribution in [2.45, 2.75) is 58.9 Å². The summed E-state index contributed by atoms with van der Waals surface area (Å²) in [4.78, 5) is 22.7. The molecular weight excluding hydrogens is 206 g/mol. The van der Waals surface area contributed by atoms with Crippen LogP contribution in [0, 0.1) is 5.92 Å². The minimum Gasteiger partial charge on any atom is -0.392 e. The molecule has 0 saturated heterocycles. The van der Waals surface area contributed by atoms with Crippen LogP contribution in [0.4, 0.5) is 0 Å². The van der Waals surface area contributed by atoms with Crippen molar-refractivity contribution in [3.8, 4) is 0 Å². The normalized spacial score (nSPS) is 14.2. The Morgan fingerprint density at radius 2 is 1.88 bits per heavy atom. The molecule has 0 aliphatic rings. The van der Waals surface area contributed by atoms with Crippen LogP contribution in [0.25, 0.3) is 0 Å². The maximum atomic E-state index is 11.4. The third-order valence-corrected chi connectivity index (χ3v) is 2.73. The number of nitrogens with two attached hydrogens (primary N) is 1. The Morgan fingerprint density at radius 3 is 2.38 bits per heavy atom. The molecule has 2 unspecified atom stereocenters. The van der Waals surface area contributed by atoms with Crippen LogP contribution in [0.3, 0.4) is 0 Å². The summed E-state index contributed by atoms with van der Waals surface area (Å²) in [5.74, 6) is -1.02. The number of hydrogen-bond acceptors (Lipinski definition) is 4. The molecule has 0 aromatic heterocycles. The van der Waals surface area contributed by atoms with E-state index < -0.39 is 18.0 Å². The van der Waals surface area contributed by atoms with Crippen molar-refractivity contribution in [2.75, 3.05) is 0 Å². The standard InChI is InChI=1S/C12H23NO3/c1-4-6-7-8-10(14)16-12(15)11(13)9(3)5-2/h9,11H,4-8,13H2,1-3H3. The minimum atomic E-state index is -0.694. The Labute approximate surface area is 97.5 Å². The number of carbonyl (C=O) groups excluding carboxylic acids is 2. The zero-order chi connectivity index (χ0) is 12.6. The Morgan fingerprint density at radius 1 is 1.25 bits per heavy atom. The molecule has 0 radical (unpaired) electrons. The smallest absolute Gasteiger partial charge is 0.330 e. The summed E-state index contributed by atoms with van der Waals surface area (Å²) >= 11 is 0. The monoisotopic (exact) mass is 229 g/mol. The fraction of sp³-hybridized carbons (Fsp3) is 0.833. The topological polar surface area (TPSA) is 69.4 Å². The van der Waals surface area contributed by atoms with Crippen LogP contribution in [0.15, 0.2) is 0 Å². The summed E-state index contributed by atoms with van der Waals surface area (Å²) in [7, 11) is 0. The maximum Gasteiger partial charge on any atom is 0.330 e. The molecule has 16 heavy (non-hydrogen) atoms. The first kappa shape index (κ1) is 15.1. The van der Waals surface area contributed by atoms with Gasteiger partial charge in [0.15, 0.2) is 0 Å². The molecule has 2 N–H and O–H groups in total. The van der Waals surface area contributed by atoms with Crippen LogP contribution in [0.2, 0.25) is 0 Å². The number of carbonyl (C=O) groups is 2. The summed E-state index contributed by atoms with van der Waals surface area (Å²) in [5.41, 5.74) is 5.65. The summed E-state index contributed by atoms with van der Waals surface area (Å²) in [5, 5.41) is 0. The highest BCUT2D eigenvalue weighted by molar-refractivity contribution is 5.88. The lowest BCUT2D eigenvalue weighted by molar-refractivity contribution is -0.161. The van der Waals surface area contributed by atoms with Gasteiger partial charge in [-0.3, -0.25) is 4.79 Å². The molecule has 0 aliphatic heterocycles. The van der Waals surface area contributed by atoms with Gasteiger partial charge in [-0.1, -0.05) is 40.0 Å². The van der Waals surface area contributed by atoms with E-state index in [9.17, 15) is 9.59 Å². The van der Waals surface area contributed by atoms with Gasteiger partial charge in [-0.05, 0) is 12.3 Å². The predicted molar refractivity (Wildman–Crippen MR) is 62.7 cm³/mol. The van der Waals surface area contributed by atoms with Gasteiger partial charge in [0.05, 0.1) is 0 Å². The molecule has 0 heterocycles. The van der Waals surface area contributed by atoms with Crippen molar-refractivity contribution < 1.29 is 14.3 Å². The molecule has 0 bridgehead atoms. The van der Waals surface area contributed by atoms with Crippen molar-refractivity contribution in [3.63, 3.8) is 0 Å². The molecule has 0 fully saturated rings. The maximum absolute atomic E-state index is 11.4. The molecule has 2 atom stereocenters. The van der Waals surface area contributed by atoms with Crippen LogP contribution in [-0.4, -0.2) is 18.0 Å². The second-order valence-electron chi connectivity index (χ2n) is 4.16. The van der Waals surface area contributed by atoms with Gasteiger partial charge in [-0.15, -0.1) is 0 Å². The lowest BCUT2D eigenvalue weighted by Crippen LogP contribution is -2.39. The average molecular weight is 229 g/mol. The van der Waals surface area contributed by atoms with E-state index in [1.54, 1.807) is 0 Å². The molecule has 4 nitrogen and oxygen atoms in total. The van der Waals surface area contributed by atoms with Gasteiger partial charge >= 0.3 is 11.9 Å². The van der Waals surface area contributed by atoms with E-state index in [2.05, 4.69) is 11.7 Å². The molecule has 0 amide bonds. The van der Waals surface area contributed by atoms with Crippen LogP contribution >= 0.6 is 0 Å². The zero-order valence-electron chi connectivity index (χ0n) is 10.5. The third kappa shape index (κ3) is 5.85. The Balaban J connectivity index is 3.90. The summed E-state index contributed by atoms with van der Waals surface area (Å²) in [6.07, 6.45) is 3.86. The minimum absolute atomic E-state index is 0.0379. The van der Waals surface area contributed by atoms with Gasteiger partial charge in [0, 0.05) is 6.42 Å². The van der Waals surface area contributed by atoms with Crippen molar-refractivity contribution in [1.29, 1.82) is 0 Å². The van der Waals surface area contributed by atoms with E-state index in [1.165, 1.54) is 0 Å². The van der Waals surface area contributed by atoms with Gasteiger partial charge in [-0.25, -0.2) is 4.79 Å². The van der Waals surface area contributed by atoms with Crippen LogP contribution in [0.1, 0.15) is 52.9 Å². The lowest BCUT2D eigenvalue weighted by Gasteiger charge is -2.15. The summed E-state index contributed by atoms with van der Waals surface area (Å²) in [6.45, 7) is 5.86. The first-order valence-electron chi connectivity index (χ1n) is 6.03. The summed E-state index contributed by atoms with van der Waals surface area (Å²) in [6, 6.07) is -0.694. The van der Waals surface area contributed by atoms with E-state index >= 15 is 0 Å². The quantitative estimate of drug-likeness (QED) is 0.412. The molecule has 0 saturated carbocycles.